The normalized spacial score (nSPS) is 24.4. The molecule has 0 N–H and O–H groups in total. The molecule has 0 bridgehead atoms. The Morgan fingerprint density at radius 1 is 0.750 bits per heavy atom. The molecule has 0 unspecified atom stereocenters. The molecule has 0 aliphatic heterocycles. The second-order valence-corrected chi connectivity index (χ2v) is 15.6. The van der Waals surface area contributed by atoms with Gasteiger partial charge in [0.1, 0.15) is 0 Å². The average molecular weight is 351 g/mol. The van der Waals surface area contributed by atoms with E-state index in [1.807, 2.05) is 0 Å². The van der Waals surface area contributed by atoms with Gasteiger partial charge < -0.3 is 0 Å². The van der Waals surface area contributed by atoms with Gasteiger partial charge >= 0.3 is 103 Å². The first-order valence-corrected chi connectivity index (χ1v) is 12.6. The molecule has 2 aliphatic carbocycles. The van der Waals surface area contributed by atoms with Crippen LogP contribution in [0.4, 0.5) is 0 Å². The fraction of sp³-hybridized carbons (Fsp3) is 1.00. The Bertz CT molecular complexity index is 154. The van der Waals surface area contributed by atoms with Crippen LogP contribution in [-0.4, -0.2) is 19.8 Å². The van der Waals surface area contributed by atoms with E-state index in [1.165, 1.54) is 7.87 Å². The van der Waals surface area contributed by atoms with Crippen LogP contribution in [0.5, 0.6) is 0 Å². The molecule has 2 saturated carbocycles. The first kappa shape index (κ1) is 15.1. The zero-order valence-corrected chi connectivity index (χ0v) is 14.5. The summed E-state index contributed by atoms with van der Waals surface area (Å²) in [5.74, 6) is 0. The average Bonchev–Trinajstić information content (AvgIpc) is 2.33. The molecule has 1 radical (unpaired) electrons. The maximum atomic E-state index is 2.53. The molecule has 0 heterocycles. The summed E-state index contributed by atoms with van der Waals surface area (Å²) in [7, 11) is 0. The third-order valence-electron chi connectivity index (χ3n) is 4.67. The van der Waals surface area contributed by atoms with Crippen molar-refractivity contribution in [2.45, 2.75) is 83.4 Å². The third kappa shape index (κ3) is 4.08. The van der Waals surface area contributed by atoms with E-state index >= 15 is 0 Å². The summed E-state index contributed by atoms with van der Waals surface area (Å²) in [6.45, 7) is 2.53. The molecule has 0 atom stereocenters. The van der Waals surface area contributed by atoms with E-state index in [9.17, 15) is 0 Å². The molecule has 2 fully saturated rings. The largest absolute Gasteiger partial charge is 0.147 e. The summed E-state index contributed by atoms with van der Waals surface area (Å²) >= 11 is -0.985. The van der Waals surface area contributed by atoms with Gasteiger partial charge in [-0.25, -0.2) is 0 Å². The maximum Gasteiger partial charge on any atom is -0.147 e. The predicted octanol–water partition coefficient (Wildman–Crippen LogP) is 5.59. The summed E-state index contributed by atoms with van der Waals surface area (Å²) < 4.78 is 4.25. The molecule has 2 aliphatic rings. The zero-order chi connectivity index (χ0) is 10.5. The summed E-state index contributed by atoms with van der Waals surface area (Å²) in [5, 5.41) is 0. The number of hydrogen-bond donors (Lipinski definition) is 0. The molecular weight excluding hydrogens is 322 g/mol. The second kappa shape index (κ2) is 8.24. The van der Waals surface area contributed by atoms with Gasteiger partial charge in [0.2, 0.25) is 0 Å². The summed E-state index contributed by atoms with van der Waals surface area (Å²) in [5.41, 5.74) is 0. The smallest absolute Gasteiger partial charge is 0.147 e. The third-order valence-corrected chi connectivity index (χ3v) is 16.3. The number of hydrogen-bond acceptors (Lipinski definition) is 0. The van der Waals surface area contributed by atoms with Gasteiger partial charge in [-0.1, -0.05) is 0 Å². The van der Waals surface area contributed by atoms with Gasteiger partial charge in [-0.2, -0.15) is 0 Å². The van der Waals surface area contributed by atoms with Crippen LogP contribution < -0.4 is 0 Å². The van der Waals surface area contributed by atoms with Crippen molar-refractivity contribution < 1.29 is 0 Å². The maximum absolute atomic E-state index is 2.53. The van der Waals surface area contributed by atoms with Crippen LogP contribution in [-0.2, 0) is 0 Å². The van der Waals surface area contributed by atoms with Crippen molar-refractivity contribution in [3.63, 3.8) is 0 Å². The monoisotopic (exact) mass is 351 g/mol. The minimum Gasteiger partial charge on any atom is -0.147 e. The molecule has 95 valence electrons. The van der Waals surface area contributed by atoms with Gasteiger partial charge in [0.05, 0.1) is 0 Å². The molecule has 0 saturated heterocycles. The summed E-state index contributed by atoms with van der Waals surface area (Å²) in [4.78, 5) is 0. The van der Waals surface area contributed by atoms with Crippen LogP contribution in [0.2, 0.25) is 12.3 Å². The predicted molar refractivity (Wildman–Crippen MR) is 77.2 cm³/mol. The Labute approximate surface area is 115 Å². The fourth-order valence-electron chi connectivity index (χ4n) is 3.86. The number of halogens is 1. The van der Waals surface area contributed by atoms with Crippen LogP contribution in [0.1, 0.15) is 71.1 Å². The Morgan fingerprint density at radius 3 is 1.44 bits per heavy atom. The van der Waals surface area contributed by atoms with Gasteiger partial charge in [0.25, 0.3) is 0 Å². The van der Waals surface area contributed by atoms with Gasteiger partial charge in [-0.3, -0.25) is 0 Å². The number of rotatable bonds is 3. The first-order valence-electron chi connectivity index (χ1n) is 7.27. The summed E-state index contributed by atoms with van der Waals surface area (Å²) in [6.07, 6.45) is 15.9. The molecular formula is C14H28ClSn. The van der Waals surface area contributed by atoms with Crippen molar-refractivity contribution in [1.82, 2.24) is 0 Å². The van der Waals surface area contributed by atoms with Gasteiger partial charge in [-0.05, 0) is 0 Å². The van der Waals surface area contributed by atoms with E-state index in [2.05, 4.69) is 6.92 Å². The fourth-order valence-corrected chi connectivity index (χ4v) is 15.6. The van der Waals surface area contributed by atoms with Crippen molar-refractivity contribution >= 4 is 32.2 Å². The summed E-state index contributed by atoms with van der Waals surface area (Å²) in [6, 6.07) is 0. The Hall–Kier alpha value is 1.09. The van der Waals surface area contributed by atoms with E-state index in [0.29, 0.717) is 0 Å². The SMILES string of the molecule is C[CH2][Sn]([CH]1CCCCC1)[CH]1CCCCC1.Cl. The van der Waals surface area contributed by atoms with Crippen LogP contribution in [0.25, 0.3) is 0 Å². The van der Waals surface area contributed by atoms with Gasteiger partial charge in [-0.15, -0.1) is 12.4 Å². The molecule has 2 rings (SSSR count). The molecule has 0 amide bonds. The van der Waals surface area contributed by atoms with Crippen LogP contribution in [0, 0.1) is 0 Å². The van der Waals surface area contributed by atoms with E-state index in [1.54, 1.807) is 68.6 Å². The molecule has 0 aromatic rings. The molecule has 0 spiro atoms. The minimum atomic E-state index is -0.985. The Kier molecular flexibility index (Phi) is 7.80. The first-order chi connectivity index (χ1) is 7.42. The zero-order valence-electron chi connectivity index (χ0n) is 10.8. The van der Waals surface area contributed by atoms with E-state index in [0.717, 1.165) is 0 Å². The molecule has 0 aromatic carbocycles. The topological polar surface area (TPSA) is 0 Å². The van der Waals surface area contributed by atoms with Crippen molar-refractivity contribution in [2.24, 2.45) is 0 Å². The van der Waals surface area contributed by atoms with E-state index in [4.69, 9.17) is 0 Å². The quantitative estimate of drug-likeness (QED) is 0.582. The second-order valence-electron chi connectivity index (χ2n) is 5.60. The standard InChI is InChI=1S/2C6H11.C2H5.ClH.Sn/c2*1-2-4-6-5-3-1;1-2;;/h2*1H,2-6H2;1H2,2H3;1H;. The van der Waals surface area contributed by atoms with Crippen LogP contribution in [0.15, 0.2) is 0 Å². The van der Waals surface area contributed by atoms with E-state index in [-0.39, 0.29) is 12.4 Å². The molecule has 0 aromatic heterocycles. The van der Waals surface area contributed by atoms with Gasteiger partial charge in [0, 0.05) is 0 Å². The molecule has 16 heavy (non-hydrogen) atoms. The van der Waals surface area contributed by atoms with Crippen LogP contribution >= 0.6 is 12.4 Å². The molecule has 2 heteroatoms. The van der Waals surface area contributed by atoms with Crippen molar-refractivity contribution in [3.05, 3.63) is 0 Å². The van der Waals surface area contributed by atoms with Crippen LogP contribution in [0.3, 0.4) is 0 Å². The Balaban J connectivity index is 0.00000128. The van der Waals surface area contributed by atoms with E-state index < -0.39 is 19.8 Å². The minimum absolute atomic E-state index is 0. The Morgan fingerprint density at radius 2 is 1.12 bits per heavy atom. The molecule has 0 nitrogen and oxygen atoms in total. The van der Waals surface area contributed by atoms with Gasteiger partial charge in [0.15, 0.2) is 0 Å². The van der Waals surface area contributed by atoms with Crippen molar-refractivity contribution in [1.29, 1.82) is 0 Å². The van der Waals surface area contributed by atoms with Crippen molar-refractivity contribution in [2.75, 3.05) is 0 Å². The van der Waals surface area contributed by atoms with Crippen molar-refractivity contribution in [3.8, 4) is 0 Å².